The first-order chi connectivity index (χ1) is 9.75. The van der Waals surface area contributed by atoms with Crippen LogP contribution in [0, 0.1) is 0 Å². The number of benzene rings is 1. The number of fused-ring (bicyclic) bond motifs is 1. The summed E-state index contributed by atoms with van der Waals surface area (Å²) < 4.78 is 0.756. The number of amides is 1. The Morgan fingerprint density at radius 2 is 1.70 bits per heavy atom. The minimum Gasteiger partial charge on any atom is -0.337 e. The molecule has 102 valence electrons. The van der Waals surface area contributed by atoms with Crippen molar-refractivity contribution < 1.29 is 4.79 Å². The molecule has 0 bridgehead atoms. The first kappa shape index (κ1) is 13.3. The fourth-order valence-corrected chi connectivity index (χ4v) is 2.99. The molecule has 0 spiro atoms. The molecule has 0 N–H and O–H groups in total. The molecule has 2 aromatic rings. The van der Waals surface area contributed by atoms with Crippen LogP contribution < -0.4 is 0 Å². The fourth-order valence-electron chi connectivity index (χ4n) is 2.56. The first-order valence-corrected chi connectivity index (χ1v) is 7.51. The monoisotopic (exact) mass is 330 g/mol. The maximum Gasteiger partial charge on any atom is 0.273 e. The minimum atomic E-state index is 0.00489. The minimum absolute atomic E-state index is 0.00489. The van der Waals surface area contributed by atoms with Crippen LogP contribution in [-0.4, -0.2) is 28.9 Å². The largest absolute Gasteiger partial charge is 0.337 e. The van der Waals surface area contributed by atoms with E-state index >= 15 is 0 Å². The van der Waals surface area contributed by atoms with Gasteiger partial charge in [-0.15, -0.1) is 0 Å². The van der Waals surface area contributed by atoms with Crippen LogP contribution >= 0.6 is 15.9 Å². The van der Waals surface area contributed by atoms with Crippen LogP contribution in [0.4, 0.5) is 0 Å². The molecular weight excluding hydrogens is 316 g/mol. The molecule has 3 nitrogen and oxygen atoms in total. The Balaban J connectivity index is 1.80. The smallest absolute Gasteiger partial charge is 0.273 e. The molecule has 4 heteroatoms. The molecule has 0 saturated carbocycles. The van der Waals surface area contributed by atoms with Gasteiger partial charge in [0.25, 0.3) is 5.91 Å². The van der Waals surface area contributed by atoms with Crippen molar-refractivity contribution in [2.75, 3.05) is 13.1 Å². The summed E-state index contributed by atoms with van der Waals surface area (Å²) in [6.07, 6.45) is 3.48. The third kappa shape index (κ3) is 2.61. The Kier molecular flexibility index (Phi) is 3.83. The van der Waals surface area contributed by atoms with Crippen molar-refractivity contribution in [3.05, 3.63) is 63.9 Å². The highest BCUT2D eigenvalue weighted by molar-refractivity contribution is 9.10. The van der Waals surface area contributed by atoms with Gasteiger partial charge in [0.15, 0.2) is 0 Å². The summed E-state index contributed by atoms with van der Waals surface area (Å²) in [5.74, 6) is 0.00489. The molecule has 0 radical (unpaired) electrons. The average molecular weight is 331 g/mol. The van der Waals surface area contributed by atoms with Crippen LogP contribution in [0.15, 0.2) is 47.1 Å². The molecule has 0 fully saturated rings. The Bertz CT molecular complexity index is 615. The second kappa shape index (κ2) is 5.75. The normalized spacial score (nSPS) is 14.6. The van der Waals surface area contributed by atoms with E-state index < -0.39 is 0 Å². The maximum absolute atomic E-state index is 12.6. The summed E-state index contributed by atoms with van der Waals surface area (Å²) in [4.78, 5) is 18.6. The van der Waals surface area contributed by atoms with Gasteiger partial charge in [-0.05, 0) is 52.0 Å². The Hall–Kier alpha value is -1.68. The molecule has 0 atom stereocenters. The van der Waals surface area contributed by atoms with Gasteiger partial charge in [0.2, 0.25) is 0 Å². The maximum atomic E-state index is 12.6. The number of aromatic nitrogens is 1. The zero-order chi connectivity index (χ0) is 13.9. The number of hydrogen-bond donors (Lipinski definition) is 0. The Morgan fingerprint density at radius 1 is 1.05 bits per heavy atom. The van der Waals surface area contributed by atoms with Crippen molar-refractivity contribution in [1.29, 1.82) is 0 Å². The van der Waals surface area contributed by atoms with E-state index in [1.54, 1.807) is 6.20 Å². The van der Waals surface area contributed by atoms with E-state index in [1.165, 1.54) is 11.1 Å². The van der Waals surface area contributed by atoms with E-state index in [1.807, 2.05) is 17.0 Å². The topological polar surface area (TPSA) is 33.2 Å². The summed E-state index contributed by atoms with van der Waals surface area (Å²) in [6.45, 7) is 1.50. The number of halogens is 1. The molecule has 2 heterocycles. The molecular formula is C16H15BrN2O. The van der Waals surface area contributed by atoms with Crippen molar-refractivity contribution in [3.63, 3.8) is 0 Å². The lowest BCUT2D eigenvalue weighted by molar-refractivity contribution is 0.0756. The highest BCUT2D eigenvalue weighted by atomic mass is 79.9. The van der Waals surface area contributed by atoms with Gasteiger partial charge >= 0.3 is 0 Å². The van der Waals surface area contributed by atoms with E-state index in [0.717, 1.165) is 30.4 Å². The van der Waals surface area contributed by atoms with Gasteiger partial charge in [-0.2, -0.15) is 0 Å². The second-order valence-electron chi connectivity index (χ2n) is 4.89. The number of pyridine rings is 1. The third-order valence-corrected chi connectivity index (χ3v) is 4.31. The standard InChI is InChI=1S/C16H15BrN2O/c17-14-6-3-9-18-15(14)16(20)19-10-7-12-4-1-2-5-13(12)8-11-19/h1-6,9H,7-8,10-11H2. The highest BCUT2D eigenvalue weighted by Crippen LogP contribution is 2.19. The lowest BCUT2D eigenvalue weighted by Crippen LogP contribution is -2.34. The molecule has 1 aromatic carbocycles. The van der Waals surface area contributed by atoms with Crippen molar-refractivity contribution in [2.45, 2.75) is 12.8 Å². The quantitative estimate of drug-likeness (QED) is 0.805. The van der Waals surface area contributed by atoms with Crippen molar-refractivity contribution in [1.82, 2.24) is 9.88 Å². The van der Waals surface area contributed by atoms with Crippen molar-refractivity contribution in [3.8, 4) is 0 Å². The number of carbonyl (C=O) groups excluding carboxylic acids is 1. The van der Waals surface area contributed by atoms with Gasteiger partial charge in [-0.1, -0.05) is 24.3 Å². The lowest BCUT2D eigenvalue weighted by atomic mass is 10.0. The van der Waals surface area contributed by atoms with Gasteiger partial charge < -0.3 is 4.90 Å². The van der Waals surface area contributed by atoms with Gasteiger partial charge in [0.1, 0.15) is 5.69 Å². The number of nitrogens with zero attached hydrogens (tertiary/aromatic N) is 2. The van der Waals surface area contributed by atoms with Crippen molar-refractivity contribution >= 4 is 21.8 Å². The predicted octanol–water partition coefficient (Wildman–Crippen LogP) is 3.09. The zero-order valence-electron chi connectivity index (χ0n) is 11.1. The van der Waals surface area contributed by atoms with Gasteiger partial charge in [0, 0.05) is 23.8 Å². The van der Waals surface area contributed by atoms with Gasteiger partial charge in [-0.25, -0.2) is 4.98 Å². The second-order valence-corrected chi connectivity index (χ2v) is 5.75. The molecule has 1 aliphatic heterocycles. The molecule has 0 unspecified atom stereocenters. The SMILES string of the molecule is O=C(c1ncccc1Br)N1CCc2ccccc2CC1. The van der Waals surface area contributed by atoms with E-state index in [0.29, 0.717) is 5.69 Å². The fraction of sp³-hybridized carbons (Fsp3) is 0.250. The van der Waals surface area contributed by atoms with Crippen LogP contribution in [-0.2, 0) is 12.8 Å². The van der Waals surface area contributed by atoms with Crippen LogP contribution in [0.5, 0.6) is 0 Å². The van der Waals surface area contributed by atoms with E-state index in [-0.39, 0.29) is 5.91 Å². The van der Waals surface area contributed by atoms with Gasteiger partial charge in [0.05, 0.1) is 0 Å². The van der Waals surface area contributed by atoms with Crippen LogP contribution in [0.1, 0.15) is 21.6 Å². The van der Waals surface area contributed by atoms with Crippen molar-refractivity contribution in [2.24, 2.45) is 0 Å². The first-order valence-electron chi connectivity index (χ1n) is 6.72. The molecule has 3 rings (SSSR count). The lowest BCUT2D eigenvalue weighted by Gasteiger charge is -2.20. The van der Waals surface area contributed by atoms with E-state index in [9.17, 15) is 4.79 Å². The zero-order valence-corrected chi connectivity index (χ0v) is 12.6. The van der Waals surface area contributed by atoms with Crippen LogP contribution in [0.3, 0.4) is 0 Å². The van der Waals surface area contributed by atoms with E-state index in [4.69, 9.17) is 0 Å². The number of rotatable bonds is 1. The predicted molar refractivity (Wildman–Crippen MR) is 81.7 cm³/mol. The summed E-state index contributed by atoms with van der Waals surface area (Å²) in [6, 6.07) is 12.1. The summed E-state index contributed by atoms with van der Waals surface area (Å²) in [5.41, 5.74) is 3.20. The van der Waals surface area contributed by atoms with Gasteiger partial charge in [-0.3, -0.25) is 4.79 Å². The highest BCUT2D eigenvalue weighted by Gasteiger charge is 2.21. The molecule has 0 saturated heterocycles. The molecule has 20 heavy (non-hydrogen) atoms. The Morgan fingerprint density at radius 3 is 2.30 bits per heavy atom. The summed E-state index contributed by atoms with van der Waals surface area (Å²) in [7, 11) is 0. The number of hydrogen-bond acceptors (Lipinski definition) is 2. The molecule has 1 aliphatic rings. The molecule has 1 amide bonds. The third-order valence-electron chi connectivity index (χ3n) is 3.67. The van der Waals surface area contributed by atoms with Crippen LogP contribution in [0.2, 0.25) is 0 Å². The molecule has 0 aliphatic carbocycles. The van der Waals surface area contributed by atoms with Crippen LogP contribution in [0.25, 0.3) is 0 Å². The number of carbonyl (C=O) groups is 1. The Labute approximate surface area is 126 Å². The van der Waals surface area contributed by atoms with E-state index in [2.05, 4.69) is 45.2 Å². The summed E-state index contributed by atoms with van der Waals surface area (Å²) >= 11 is 3.40. The summed E-state index contributed by atoms with van der Waals surface area (Å²) in [5, 5.41) is 0. The average Bonchev–Trinajstić information content (AvgIpc) is 2.70. The molecule has 1 aromatic heterocycles.